The molecule has 186 valence electrons. The molecule has 0 atom stereocenters. The molecule has 7 nitrogen and oxygen atoms in total. The first-order valence-electron chi connectivity index (χ1n) is 11.3. The first kappa shape index (κ1) is 25.9. The van der Waals surface area contributed by atoms with Crippen LogP contribution in [0.5, 0.6) is 5.88 Å². The highest BCUT2D eigenvalue weighted by molar-refractivity contribution is 7.91. The van der Waals surface area contributed by atoms with Crippen LogP contribution in [0.3, 0.4) is 0 Å². The number of nitrogens with zero attached hydrogens (tertiary/aromatic N) is 2. The van der Waals surface area contributed by atoms with Crippen molar-refractivity contribution < 1.29 is 26.7 Å². The van der Waals surface area contributed by atoms with Gasteiger partial charge in [0.2, 0.25) is 5.88 Å². The highest BCUT2D eigenvalue weighted by Gasteiger charge is 2.35. The van der Waals surface area contributed by atoms with Gasteiger partial charge in [0.25, 0.3) is 0 Å². The number of hydrogen-bond acceptors (Lipinski definition) is 5. The highest BCUT2D eigenvalue weighted by atomic mass is 32.2. The Kier molecular flexibility index (Phi) is 8.12. The Morgan fingerprint density at radius 2 is 1.76 bits per heavy atom. The highest BCUT2D eigenvalue weighted by Crippen LogP contribution is 2.35. The zero-order chi connectivity index (χ0) is 25.0. The fourth-order valence-corrected chi connectivity index (χ4v) is 5.50. The van der Waals surface area contributed by atoms with E-state index in [0.717, 1.165) is 5.56 Å². The van der Waals surface area contributed by atoms with Gasteiger partial charge in [-0.1, -0.05) is 32.0 Å². The maximum atomic E-state index is 13.6. The van der Waals surface area contributed by atoms with Gasteiger partial charge in [-0.25, -0.2) is 18.2 Å². The minimum Gasteiger partial charge on any atom is -0.415 e. The SMILES string of the molecule is Cc1ccc(NC(=O)N(c2ccccc2C(C)C)C2CCC(S(C)(=O)=O)CC2)c(OC(F)F)n1. The maximum Gasteiger partial charge on any atom is 0.388 e. The Morgan fingerprint density at radius 3 is 2.35 bits per heavy atom. The third-order valence-corrected chi connectivity index (χ3v) is 7.78. The van der Waals surface area contributed by atoms with Gasteiger partial charge in [0.1, 0.15) is 15.5 Å². The van der Waals surface area contributed by atoms with E-state index < -0.39 is 27.7 Å². The van der Waals surface area contributed by atoms with E-state index in [1.807, 2.05) is 38.1 Å². The summed E-state index contributed by atoms with van der Waals surface area (Å²) in [6.45, 7) is 2.59. The molecular weight excluding hydrogens is 464 g/mol. The van der Waals surface area contributed by atoms with Crippen molar-refractivity contribution in [2.75, 3.05) is 16.5 Å². The summed E-state index contributed by atoms with van der Waals surface area (Å²) >= 11 is 0. The summed E-state index contributed by atoms with van der Waals surface area (Å²) < 4.78 is 54.4. The third kappa shape index (κ3) is 6.22. The molecule has 1 aliphatic carbocycles. The summed E-state index contributed by atoms with van der Waals surface area (Å²) in [5.74, 6) is -0.237. The van der Waals surface area contributed by atoms with Crippen LogP contribution in [-0.4, -0.2) is 43.6 Å². The fraction of sp³-hybridized carbons (Fsp3) is 0.500. The molecule has 0 saturated heterocycles. The number of aryl methyl sites for hydroxylation is 1. The summed E-state index contributed by atoms with van der Waals surface area (Å²) in [6.07, 6.45) is 3.14. The van der Waals surface area contributed by atoms with Gasteiger partial charge in [-0.05, 0) is 62.3 Å². The molecule has 34 heavy (non-hydrogen) atoms. The maximum absolute atomic E-state index is 13.6. The summed E-state index contributed by atoms with van der Waals surface area (Å²) in [7, 11) is -3.17. The van der Waals surface area contributed by atoms with Crippen LogP contribution in [0.25, 0.3) is 0 Å². The molecule has 1 fully saturated rings. The molecule has 3 rings (SSSR count). The van der Waals surface area contributed by atoms with Crippen LogP contribution in [0.2, 0.25) is 0 Å². The van der Waals surface area contributed by atoms with E-state index in [1.54, 1.807) is 17.9 Å². The van der Waals surface area contributed by atoms with Crippen molar-refractivity contribution in [2.45, 2.75) is 70.3 Å². The van der Waals surface area contributed by atoms with E-state index in [2.05, 4.69) is 15.0 Å². The quantitative estimate of drug-likeness (QED) is 0.547. The molecule has 1 aliphatic rings. The lowest BCUT2D eigenvalue weighted by atomic mass is 9.92. The van der Waals surface area contributed by atoms with E-state index >= 15 is 0 Å². The number of rotatable bonds is 7. The van der Waals surface area contributed by atoms with E-state index in [0.29, 0.717) is 37.1 Å². The normalized spacial score (nSPS) is 18.7. The summed E-state index contributed by atoms with van der Waals surface area (Å²) in [5.41, 5.74) is 2.16. The van der Waals surface area contributed by atoms with Crippen LogP contribution < -0.4 is 15.0 Å². The van der Waals surface area contributed by atoms with Gasteiger partial charge in [0.15, 0.2) is 0 Å². The van der Waals surface area contributed by atoms with E-state index in [9.17, 15) is 22.0 Å². The van der Waals surface area contributed by atoms with Gasteiger partial charge in [-0.2, -0.15) is 8.78 Å². The van der Waals surface area contributed by atoms with Gasteiger partial charge in [-0.3, -0.25) is 4.90 Å². The number of ether oxygens (including phenoxy) is 1. The zero-order valence-electron chi connectivity index (χ0n) is 19.8. The molecule has 0 radical (unpaired) electrons. The Morgan fingerprint density at radius 1 is 1.12 bits per heavy atom. The number of nitrogens with one attached hydrogen (secondary N) is 1. The number of amides is 2. The second kappa shape index (κ2) is 10.7. The Labute approximate surface area is 199 Å². The minimum absolute atomic E-state index is 0.0350. The standard InChI is InChI=1S/C24H31F2N3O4S/c1-15(2)19-7-5-6-8-21(19)29(17-10-12-18(13-11-17)34(4,31)32)24(30)28-20-14-9-16(3)27-22(20)33-23(25)26/h5-9,14-15,17-18,23H,10-13H2,1-4H3,(H,28,30). The van der Waals surface area contributed by atoms with Crippen LogP contribution in [0, 0.1) is 6.92 Å². The number of alkyl halides is 2. The Hall–Kier alpha value is -2.75. The smallest absolute Gasteiger partial charge is 0.388 e. The summed E-state index contributed by atoms with van der Waals surface area (Å²) in [5, 5.41) is 2.27. The fourth-order valence-electron chi connectivity index (χ4n) is 4.38. The van der Waals surface area contributed by atoms with E-state index in [-0.39, 0.29) is 23.5 Å². The first-order valence-corrected chi connectivity index (χ1v) is 13.2. The molecular formula is C24H31F2N3O4S. The predicted octanol–water partition coefficient (Wildman–Crippen LogP) is 5.51. The van der Waals surface area contributed by atoms with Gasteiger partial charge < -0.3 is 10.1 Å². The molecule has 0 bridgehead atoms. The number of sulfone groups is 1. The molecule has 1 aromatic heterocycles. The predicted molar refractivity (Wildman–Crippen MR) is 129 cm³/mol. The molecule has 10 heteroatoms. The van der Waals surface area contributed by atoms with Crippen molar-refractivity contribution in [3.05, 3.63) is 47.7 Å². The number of pyridine rings is 1. The lowest BCUT2D eigenvalue weighted by Gasteiger charge is -2.37. The van der Waals surface area contributed by atoms with Gasteiger partial charge >= 0.3 is 12.6 Å². The van der Waals surface area contributed by atoms with Crippen molar-refractivity contribution in [1.82, 2.24) is 4.98 Å². The topological polar surface area (TPSA) is 88.6 Å². The molecule has 0 unspecified atom stereocenters. The molecule has 1 heterocycles. The number of urea groups is 1. The summed E-state index contributed by atoms with van der Waals surface area (Å²) in [4.78, 5) is 19.2. The monoisotopic (exact) mass is 495 g/mol. The molecule has 1 saturated carbocycles. The largest absolute Gasteiger partial charge is 0.415 e. The number of para-hydroxylation sites is 1. The van der Waals surface area contributed by atoms with E-state index in [1.165, 1.54) is 12.3 Å². The number of hydrogen-bond donors (Lipinski definition) is 1. The molecule has 1 N–H and O–H groups in total. The second-order valence-corrected chi connectivity index (χ2v) is 11.3. The third-order valence-electron chi connectivity index (χ3n) is 6.09. The number of aromatic nitrogens is 1. The van der Waals surface area contributed by atoms with Gasteiger partial charge in [-0.15, -0.1) is 0 Å². The van der Waals surface area contributed by atoms with E-state index in [4.69, 9.17) is 0 Å². The van der Waals surface area contributed by atoms with Gasteiger partial charge in [0, 0.05) is 23.7 Å². The number of halogens is 2. The van der Waals surface area contributed by atoms with Crippen molar-refractivity contribution in [3.8, 4) is 5.88 Å². The second-order valence-electron chi connectivity index (χ2n) is 8.96. The van der Waals surface area contributed by atoms with Crippen molar-refractivity contribution in [3.63, 3.8) is 0 Å². The Bertz CT molecular complexity index is 1120. The van der Waals surface area contributed by atoms with Crippen molar-refractivity contribution in [1.29, 1.82) is 0 Å². The molecule has 2 aromatic rings. The van der Waals surface area contributed by atoms with Gasteiger partial charge in [0.05, 0.1) is 5.25 Å². The average Bonchev–Trinajstić information content (AvgIpc) is 2.75. The first-order chi connectivity index (χ1) is 16.0. The molecule has 0 spiro atoms. The number of anilines is 2. The lowest BCUT2D eigenvalue weighted by Crippen LogP contribution is -2.46. The lowest BCUT2D eigenvalue weighted by molar-refractivity contribution is -0.0523. The molecule has 1 aromatic carbocycles. The minimum atomic E-state index is -3.17. The number of benzene rings is 1. The van der Waals surface area contributed by atoms with Crippen LogP contribution in [0.1, 0.15) is 56.7 Å². The number of carbonyl (C=O) groups is 1. The Balaban J connectivity index is 1.96. The average molecular weight is 496 g/mol. The van der Waals surface area contributed by atoms with Crippen molar-refractivity contribution >= 4 is 27.2 Å². The van der Waals surface area contributed by atoms with Crippen LogP contribution >= 0.6 is 0 Å². The van der Waals surface area contributed by atoms with Crippen LogP contribution in [-0.2, 0) is 9.84 Å². The molecule has 0 aliphatic heterocycles. The summed E-state index contributed by atoms with van der Waals surface area (Å²) in [6, 6.07) is 9.83. The van der Waals surface area contributed by atoms with Crippen LogP contribution in [0.4, 0.5) is 25.0 Å². The van der Waals surface area contributed by atoms with Crippen molar-refractivity contribution in [2.24, 2.45) is 0 Å². The molecule has 2 amide bonds. The zero-order valence-corrected chi connectivity index (χ0v) is 20.6. The van der Waals surface area contributed by atoms with Crippen LogP contribution in [0.15, 0.2) is 36.4 Å². The number of carbonyl (C=O) groups excluding carboxylic acids is 1.